The number of fused-ring (bicyclic) bond motifs is 1. The molecular formula is C21H18Cl2N4. The average Bonchev–Trinajstić information content (AvgIpc) is 3.10. The van der Waals surface area contributed by atoms with Crippen LogP contribution in [0.4, 0.5) is 11.4 Å². The Kier molecular flexibility index (Phi) is 5.28. The molecule has 0 atom stereocenters. The predicted octanol–water partition coefficient (Wildman–Crippen LogP) is 6.18. The van der Waals surface area contributed by atoms with Crippen LogP contribution in [-0.4, -0.2) is 15.2 Å². The maximum Gasteiger partial charge on any atom is 0.172 e. The van der Waals surface area contributed by atoms with Crippen LogP contribution in [0, 0.1) is 0 Å². The van der Waals surface area contributed by atoms with Crippen molar-refractivity contribution in [1.29, 1.82) is 0 Å². The fourth-order valence-corrected chi connectivity index (χ4v) is 3.45. The minimum atomic E-state index is 0.190. The van der Waals surface area contributed by atoms with E-state index in [1.165, 1.54) is 22.0 Å². The van der Waals surface area contributed by atoms with Crippen LogP contribution in [0.25, 0.3) is 10.9 Å². The van der Waals surface area contributed by atoms with E-state index in [9.17, 15) is 0 Å². The molecule has 0 aliphatic rings. The van der Waals surface area contributed by atoms with Crippen LogP contribution in [0.3, 0.4) is 0 Å². The first-order chi connectivity index (χ1) is 13.2. The Labute approximate surface area is 167 Å². The van der Waals surface area contributed by atoms with E-state index >= 15 is 0 Å². The zero-order valence-electron chi connectivity index (χ0n) is 14.5. The van der Waals surface area contributed by atoms with Crippen LogP contribution in [0.2, 0.25) is 10.2 Å². The number of benzene rings is 2. The van der Waals surface area contributed by atoms with Crippen molar-refractivity contribution in [3.63, 3.8) is 0 Å². The SMILES string of the molecule is Clc1nncc(Nc2ccc(CCCc3c[nH]c4ccccc34)cc2)c1Cl. The molecule has 4 rings (SSSR count). The summed E-state index contributed by atoms with van der Waals surface area (Å²) in [6.45, 7) is 0. The highest BCUT2D eigenvalue weighted by atomic mass is 35.5. The molecule has 6 heteroatoms. The van der Waals surface area contributed by atoms with Crippen LogP contribution in [-0.2, 0) is 12.8 Å². The Morgan fingerprint density at radius 2 is 1.78 bits per heavy atom. The molecule has 0 aliphatic heterocycles. The van der Waals surface area contributed by atoms with E-state index in [1.807, 2.05) is 12.1 Å². The third kappa shape index (κ3) is 4.07. The van der Waals surface area contributed by atoms with Crippen molar-refractivity contribution in [2.24, 2.45) is 0 Å². The predicted molar refractivity (Wildman–Crippen MR) is 112 cm³/mol. The van der Waals surface area contributed by atoms with Gasteiger partial charge in [-0.1, -0.05) is 53.5 Å². The molecule has 2 aromatic carbocycles. The van der Waals surface area contributed by atoms with Crippen LogP contribution in [0.15, 0.2) is 60.9 Å². The lowest BCUT2D eigenvalue weighted by Gasteiger charge is -2.09. The number of H-pyrrole nitrogens is 1. The van der Waals surface area contributed by atoms with Crippen molar-refractivity contribution in [3.05, 3.63) is 82.2 Å². The molecule has 0 unspecified atom stereocenters. The monoisotopic (exact) mass is 396 g/mol. The van der Waals surface area contributed by atoms with Gasteiger partial charge in [0.1, 0.15) is 5.02 Å². The number of para-hydroxylation sites is 1. The van der Waals surface area contributed by atoms with E-state index in [-0.39, 0.29) is 5.15 Å². The lowest BCUT2D eigenvalue weighted by molar-refractivity contribution is 0.825. The van der Waals surface area contributed by atoms with Crippen molar-refractivity contribution >= 4 is 45.5 Å². The summed E-state index contributed by atoms with van der Waals surface area (Å²) in [4.78, 5) is 3.34. The van der Waals surface area contributed by atoms with Crippen LogP contribution in [0.5, 0.6) is 0 Å². The van der Waals surface area contributed by atoms with Gasteiger partial charge in [-0.3, -0.25) is 0 Å². The van der Waals surface area contributed by atoms with Crippen molar-refractivity contribution < 1.29 is 0 Å². The van der Waals surface area contributed by atoms with Gasteiger partial charge in [0.05, 0.1) is 11.9 Å². The number of aromatic nitrogens is 3. The van der Waals surface area contributed by atoms with Crippen molar-refractivity contribution in [1.82, 2.24) is 15.2 Å². The summed E-state index contributed by atoms with van der Waals surface area (Å²) >= 11 is 12.0. The Morgan fingerprint density at radius 3 is 2.63 bits per heavy atom. The Balaban J connectivity index is 1.36. The second-order valence-corrected chi connectivity index (χ2v) is 7.13. The molecule has 0 bridgehead atoms. The summed E-state index contributed by atoms with van der Waals surface area (Å²) in [5.41, 5.74) is 5.45. The number of aromatic amines is 1. The third-order valence-corrected chi connectivity index (χ3v) is 5.31. The molecular weight excluding hydrogens is 379 g/mol. The number of anilines is 2. The molecule has 4 aromatic rings. The number of hydrogen-bond acceptors (Lipinski definition) is 3. The van der Waals surface area contributed by atoms with Crippen LogP contribution >= 0.6 is 23.2 Å². The van der Waals surface area contributed by atoms with E-state index in [0.717, 1.165) is 24.9 Å². The standard InChI is InChI=1S/C21H18Cl2N4/c22-20-19(13-25-27-21(20)23)26-16-10-8-14(9-11-16)4-3-5-15-12-24-18-7-2-1-6-17(15)18/h1-2,6-13,24H,3-5H2,(H,26,27). The average molecular weight is 397 g/mol. The first-order valence-electron chi connectivity index (χ1n) is 8.78. The number of nitrogens with one attached hydrogen (secondary N) is 2. The number of hydrogen-bond donors (Lipinski definition) is 2. The fraction of sp³-hybridized carbons (Fsp3) is 0.143. The summed E-state index contributed by atoms with van der Waals surface area (Å²) in [6, 6.07) is 16.8. The molecule has 136 valence electrons. The molecule has 4 nitrogen and oxygen atoms in total. The van der Waals surface area contributed by atoms with E-state index in [0.29, 0.717) is 10.7 Å². The van der Waals surface area contributed by atoms with E-state index in [4.69, 9.17) is 23.2 Å². The van der Waals surface area contributed by atoms with E-state index in [2.05, 4.69) is 63.1 Å². The number of rotatable bonds is 6. The highest BCUT2D eigenvalue weighted by Crippen LogP contribution is 2.29. The van der Waals surface area contributed by atoms with Gasteiger partial charge in [-0.25, -0.2) is 0 Å². The molecule has 0 aliphatic carbocycles. The quantitative estimate of drug-likeness (QED) is 0.408. The topological polar surface area (TPSA) is 53.6 Å². The summed E-state index contributed by atoms with van der Waals surface area (Å²) in [7, 11) is 0. The van der Waals surface area contributed by atoms with Gasteiger partial charge in [-0.15, -0.1) is 5.10 Å². The molecule has 0 saturated carbocycles. The Morgan fingerprint density at radius 1 is 0.963 bits per heavy atom. The van der Waals surface area contributed by atoms with Crippen molar-refractivity contribution in [2.75, 3.05) is 5.32 Å². The first-order valence-corrected chi connectivity index (χ1v) is 9.54. The zero-order valence-corrected chi connectivity index (χ0v) is 16.1. The Bertz CT molecular complexity index is 1060. The molecule has 0 saturated heterocycles. The molecule has 0 fully saturated rings. The second kappa shape index (κ2) is 7.99. The second-order valence-electron chi connectivity index (χ2n) is 6.40. The van der Waals surface area contributed by atoms with Gasteiger partial charge in [-0.05, 0) is 48.6 Å². The minimum Gasteiger partial charge on any atom is -0.361 e. The molecule has 0 radical (unpaired) electrons. The van der Waals surface area contributed by atoms with Crippen molar-refractivity contribution in [2.45, 2.75) is 19.3 Å². The minimum absolute atomic E-state index is 0.190. The number of halogens is 2. The largest absolute Gasteiger partial charge is 0.361 e. The lowest BCUT2D eigenvalue weighted by atomic mass is 10.0. The van der Waals surface area contributed by atoms with E-state index < -0.39 is 0 Å². The highest BCUT2D eigenvalue weighted by Gasteiger charge is 2.07. The molecule has 2 N–H and O–H groups in total. The maximum absolute atomic E-state index is 6.13. The smallest absolute Gasteiger partial charge is 0.172 e. The summed E-state index contributed by atoms with van der Waals surface area (Å²) < 4.78 is 0. The van der Waals surface area contributed by atoms with Gasteiger partial charge in [0.2, 0.25) is 0 Å². The summed E-state index contributed by atoms with van der Waals surface area (Å²) in [5, 5.41) is 12.6. The first kappa shape index (κ1) is 17.8. The van der Waals surface area contributed by atoms with Gasteiger partial charge in [-0.2, -0.15) is 5.10 Å². The van der Waals surface area contributed by atoms with Gasteiger partial charge in [0, 0.05) is 22.8 Å². The van der Waals surface area contributed by atoms with Gasteiger partial charge in [0.25, 0.3) is 0 Å². The summed E-state index contributed by atoms with van der Waals surface area (Å²) in [5.74, 6) is 0. The van der Waals surface area contributed by atoms with Crippen LogP contribution < -0.4 is 5.32 Å². The third-order valence-electron chi connectivity index (χ3n) is 4.57. The van der Waals surface area contributed by atoms with Gasteiger partial charge in [0.15, 0.2) is 5.15 Å². The normalized spacial score (nSPS) is 11.0. The summed E-state index contributed by atoms with van der Waals surface area (Å²) in [6.07, 6.45) is 6.87. The zero-order chi connectivity index (χ0) is 18.6. The molecule has 0 spiro atoms. The molecule has 0 amide bonds. The fourth-order valence-electron chi connectivity index (χ4n) is 3.17. The van der Waals surface area contributed by atoms with Crippen LogP contribution in [0.1, 0.15) is 17.5 Å². The maximum atomic E-state index is 6.13. The van der Waals surface area contributed by atoms with Gasteiger partial charge >= 0.3 is 0 Å². The van der Waals surface area contributed by atoms with Gasteiger partial charge < -0.3 is 10.3 Å². The number of aryl methyl sites for hydroxylation is 2. The highest BCUT2D eigenvalue weighted by molar-refractivity contribution is 6.42. The number of nitrogens with zero attached hydrogens (tertiary/aromatic N) is 2. The van der Waals surface area contributed by atoms with E-state index in [1.54, 1.807) is 6.20 Å². The lowest BCUT2D eigenvalue weighted by Crippen LogP contribution is -1.95. The molecule has 2 heterocycles. The molecule has 27 heavy (non-hydrogen) atoms. The Hall–Kier alpha value is -2.56. The molecule has 2 aromatic heterocycles. The van der Waals surface area contributed by atoms with Crippen molar-refractivity contribution in [3.8, 4) is 0 Å².